The maximum absolute atomic E-state index is 13.6. The molecule has 208 valence electrons. The van der Waals surface area contributed by atoms with Crippen LogP contribution in [0.25, 0.3) is 0 Å². The third-order valence-corrected chi connectivity index (χ3v) is 7.81. The van der Waals surface area contributed by atoms with Gasteiger partial charge >= 0.3 is 0 Å². The molecule has 7 nitrogen and oxygen atoms in total. The highest BCUT2D eigenvalue weighted by Gasteiger charge is 2.30. The Bertz CT molecular complexity index is 1370. The number of amides is 3. The van der Waals surface area contributed by atoms with E-state index in [1.165, 1.54) is 18.2 Å². The minimum absolute atomic E-state index is 0.0667. The van der Waals surface area contributed by atoms with E-state index in [0.29, 0.717) is 50.5 Å². The molecule has 40 heavy (non-hydrogen) atoms. The van der Waals surface area contributed by atoms with Gasteiger partial charge in [-0.1, -0.05) is 43.3 Å². The molecule has 0 radical (unpaired) electrons. The van der Waals surface area contributed by atoms with Crippen LogP contribution < -0.4 is 10.2 Å². The van der Waals surface area contributed by atoms with Crippen LogP contribution in [0.1, 0.15) is 58.4 Å². The second-order valence-electron chi connectivity index (χ2n) is 10.4. The predicted molar refractivity (Wildman–Crippen MR) is 154 cm³/mol. The van der Waals surface area contributed by atoms with Crippen LogP contribution in [0, 0.1) is 5.82 Å². The molecule has 0 bridgehead atoms. The first-order chi connectivity index (χ1) is 19.4. The van der Waals surface area contributed by atoms with Gasteiger partial charge in [0.1, 0.15) is 5.82 Å². The van der Waals surface area contributed by atoms with E-state index in [-0.39, 0.29) is 23.3 Å². The second kappa shape index (κ2) is 12.3. The van der Waals surface area contributed by atoms with Crippen LogP contribution in [-0.4, -0.2) is 66.8 Å². The van der Waals surface area contributed by atoms with Crippen molar-refractivity contribution >= 4 is 29.1 Å². The summed E-state index contributed by atoms with van der Waals surface area (Å²) in [5.74, 6) is -1.02. The van der Waals surface area contributed by atoms with Gasteiger partial charge in [0.2, 0.25) is 5.91 Å². The summed E-state index contributed by atoms with van der Waals surface area (Å²) in [6, 6.07) is 20.8. The standard InChI is InChI=1S/C32H35FN4O3/c1-2-27(23-9-4-3-5-10-23)31(39)37-19-17-35(18-20-37)29-14-13-26(22-28(29)32(40)36-15-6-7-16-36)34-30(38)24-11-8-12-25(33)21-24/h3-5,8-14,21-22,27H,2,6-7,15-20H2,1H3,(H,34,38). The summed E-state index contributed by atoms with van der Waals surface area (Å²) in [6.45, 7) is 5.79. The fourth-order valence-electron chi connectivity index (χ4n) is 5.61. The van der Waals surface area contributed by atoms with Gasteiger partial charge in [0.25, 0.3) is 11.8 Å². The molecule has 2 saturated heterocycles. The number of anilines is 2. The highest BCUT2D eigenvalue weighted by atomic mass is 19.1. The van der Waals surface area contributed by atoms with E-state index in [2.05, 4.69) is 10.2 Å². The summed E-state index contributed by atoms with van der Waals surface area (Å²) in [4.78, 5) is 45.7. The van der Waals surface area contributed by atoms with Crippen molar-refractivity contribution in [2.24, 2.45) is 0 Å². The molecule has 2 fully saturated rings. The number of likely N-dealkylation sites (tertiary alicyclic amines) is 1. The number of halogens is 1. The number of nitrogens with zero attached hydrogens (tertiary/aromatic N) is 3. The predicted octanol–water partition coefficient (Wildman–Crippen LogP) is 5.16. The quantitative estimate of drug-likeness (QED) is 0.448. The van der Waals surface area contributed by atoms with Crippen molar-refractivity contribution in [3.8, 4) is 0 Å². The van der Waals surface area contributed by atoms with Gasteiger partial charge in [-0.25, -0.2) is 4.39 Å². The molecule has 2 aliphatic rings. The Morgan fingerprint density at radius 2 is 1.55 bits per heavy atom. The van der Waals surface area contributed by atoms with Gasteiger partial charge in [0.15, 0.2) is 0 Å². The van der Waals surface area contributed by atoms with Crippen molar-refractivity contribution < 1.29 is 18.8 Å². The molecule has 1 N–H and O–H groups in total. The zero-order chi connectivity index (χ0) is 28.1. The zero-order valence-electron chi connectivity index (χ0n) is 22.8. The minimum Gasteiger partial charge on any atom is -0.367 e. The first-order valence-corrected chi connectivity index (χ1v) is 14.0. The lowest BCUT2D eigenvalue weighted by molar-refractivity contribution is -0.133. The Morgan fingerprint density at radius 1 is 0.825 bits per heavy atom. The van der Waals surface area contributed by atoms with Crippen LogP contribution in [0.3, 0.4) is 0 Å². The van der Waals surface area contributed by atoms with Crippen molar-refractivity contribution in [3.05, 3.63) is 95.3 Å². The van der Waals surface area contributed by atoms with Crippen molar-refractivity contribution in [1.82, 2.24) is 9.80 Å². The number of piperazine rings is 1. The maximum atomic E-state index is 13.6. The molecule has 0 spiro atoms. The van der Waals surface area contributed by atoms with Crippen molar-refractivity contribution in [1.29, 1.82) is 0 Å². The monoisotopic (exact) mass is 542 g/mol. The maximum Gasteiger partial charge on any atom is 0.256 e. The molecular weight excluding hydrogens is 507 g/mol. The van der Waals surface area contributed by atoms with E-state index in [0.717, 1.165) is 30.5 Å². The Kier molecular flexibility index (Phi) is 8.43. The molecule has 3 amide bonds. The molecule has 0 aromatic heterocycles. The number of nitrogens with one attached hydrogen (secondary N) is 1. The van der Waals surface area contributed by atoms with Gasteiger partial charge in [-0.05, 0) is 61.2 Å². The third kappa shape index (κ3) is 6.01. The zero-order valence-corrected chi connectivity index (χ0v) is 22.8. The van der Waals surface area contributed by atoms with Crippen LogP contribution in [0.5, 0.6) is 0 Å². The van der Waals surface area contributed by atoms with Gasteiger partial charge in [-0.2, -0.15) is 0 Å². The summed E-state index contributed by atoms with van der Waals surface area (Å²) in [7, 11) is 0. The second-order valence-corrected chi connectivity index (χ2v) is 10.4. The normalized spacial score (nSPS) is 16.1. The number of hydrogen-bond acceptors (Lipinski definition) is 4. The molecule has 2 heterocycles. The molecule has 5 rings (SSSR count). The van der Waals surface area contributed by atoms with Gasteiger partial charge in [0.05, 0.1) is 11.5 Å². The van der Waals surface area contributed by atoms with E-state index in [9.17, 15) is 18.8 Å². The highest BCUT2D eigenvalue weighted by Crippen LogP contribution is 2.29. The molecule has 2 aliphatic heterocycles. The van der Waals surface area contributed by atoms with Crippen LogP contribution in [0.15, 0.2) is 72.8 Å². The van der Waals surface area contributed by atoms with Crippen LogP contribution >= 0.6 is 0 Å². The molecule has 0 saturated carbocycles. The summed E-state index contributed by atoms with van der Waals surface area (Å²) >= 11 is 0. The van der Waals surface area contributed by atoms with Crippen LogP contribution in [0.4, 0.5) is 15.8 Å². The summed E-state index contributed by atoms with van der Waals surface area (Å²) in [5.41, 5.74) is 3.03. The number of hydrogen-bond donors (Lipinski definition) is 1. The molecule has 3 aromatic rings. The largest absolute Gasteiger partial charge is 0.367 e. The minimum atomic E-state index is -0.487. The molecular formula is C32H35FN4O3. The average molecular weight is 543 g/mol. The van der Waals surface area contributed by atoms with Crippen molar-refractivity contribution in [3.63, 3.8) is 0 Å². The summed E-state index contributed by atoms with van der Waals surface area (Å²) < 4.78 is 13.6. The van der Waals surface area contributed by atoms with Crippen LogP contribution in [0.2, 0.25) is 0 Å². The topological polar surface area (TPSA) is 73.0 Å². The van der Waals surface area contributed by atoms with Crippen molar-refractivity contribution in [2.45, 2.75) is 32.1 Å². The molecule has 0 aliphatic carbocycles. The van der Waals surface area contributed by atoms with Gasteiger partial charge in [-0.3, -0.25) is 14.4 Å². The number of carbonyl (C=O) groups is 3. The Balaban J connectivity index is 1.33. The van der Waals surface area contributed by atoms with E-state index in [1.54, 1.807) is 18.2 Å². The Morgan fingerprint density at radius 3 is 2.23 bits per heavy atom. The summed E-state index contributed by atoms with van der Waals surface area (Å²) in [6.07, 6.45) is 2.68. The van der Waals surface area contributed by atoms with Crippen molar-refractivity contribution in [2.75, 3.05) is 49.5 Å². The fraction of sp³-hybridized carbons (Fsp3) is 0.344. The van der Waals surface area contributed by atoms with E-state index in [4.69, 9.17) is 0 Å². The molecule has 1 unspecified atom stereocenters. The third-order valence-electron chi connectivity index (χ3n) is 7.81. The lowest BCUT2D eigenvalue weighted by Crippen LogP contribution is -2.50. The van der Waals surface area contributed by atoms with E-state index in [1.807, 2.05) is 53.1 Å². The van der Waals surface area contributed by atoms with Gasteiger partial charge in [0, 0.05) is 56.2 Å². The van der Waals surface area contributed by atoms with E-state index >= 15 is 0 Å². The summed E-state index contributed by atoms with van der Waals surface area (Å²) in [5, 5.41) is 2.81. The lowest BCUT2D eigenvalue weighted by atomic mass is 9.94. The molecule has 1 atom stereocenters. The Hall–Kier alpha value is -4.20. The van der Waals surface area contributed by atoms with Gasteiger partial charge < -0.3 is 20.0 Å². The smallest absolute Gasteiger partial charge is 0.256 e. The Labute approximate surface area is 234 Å². The fourth-order valence-corrected chi connectivity index (χ4v) is 5.61. The highest BCUT2D eigenvalue weighted by molar-refractivity contribution is 6.06. The molecule has 8 heteroatoms. The molecule has 3 aromatic carbocycles. The lowest BCUT2D eigenvalue weighted by Gasteiger charge is -2.38. The van der Waals surface area contributed by atoms with E-state index < -0.39 is 11.7 Å². The number of benzene rings is 3. The van der Waals surface area contributed by atoms with Gasteiger partial charge in [-0.15, -0.1) is 0 Å². The first kappa shape index (κ1) is 27.4. The average Bonchev–Trinajstić information content (AvgIpc) is 3.53. The number of rotatable bonds is 7. The SMILES string of the molecule is CCC(C(=O)N1CCN(c2ccc(NC(=O)c3cccc(F)c3)cc2C(=O)N2CCCC2)CC1)c1ccccc1. The number of carbonyl (C=O) groups excluding carboxylic acids is 3. The van der Waals surface area contributed by atoms with Crippen LogP contribution in [-0.2, 0) is 4.79 Å². The first-order valence-electron chi connectivity index (χ1n) is 14.0.